The van der Waals surface area contributed by atoms with E-state index in [1.165, 1.54) is 11.8 Å². The molecule has 0 fully saturated rings. The Morgan fingerprint density at radius 2 is 1.89 bits per heavy atom. The zero-order chi connectivity index (χ0) is 19.7. The van der Waals surface area contributed by atoms with E-state index in [4.69, 9.17) is 27.6 Å². The minimum atomic E-state index is -0.191. The number of halogens is 2. The topological polar surface area (TPSA) is 68.0 Å². The first-order valence-electron chi connectivity index (χ1n) is 8.60. The zero-order valence-electron chi connectivity index (χ0n) is 14.8. The maximum atomic E-state index is 12.4. The molecule has 0 aliphatic heterocycles. The fourth-order valence-electron chi connectivity index (χ4n) is 2.82. The number of nitrogens with one attached hydrogen (secondary N) is 1. The highest BCUT2D eigenvalue weighted by Crippen LogP contribution is 2.33. The van der Waals surface area contributed by atoms with Crippen molar-refractivity contribution < 1.29 is 9.21 Å². The second-order valence-corrected chi connectivity index (χ2v) is 7.91. The summed E-state index contributed by atoms with van der Waals surface area (Å²) in [5, 5.41) is 5.31. The Labute approximate surface area is 175 Å². The molecule has 2 aromatic heterocycles. The summed E-state index contributed by atoms with van der Waals surface area (Å²) in [5.41, 5.74) is 2.67. The molecule has 0 atom stereocenters. The van der Waals surface area contributed by atoms with Crippen LogP contribution in [0.5, 0.6) is 0 Å². The molecule has 0 aliphatic carbocycles. The summed E-state index contributed by atoms with van der Waals surface area (Å²) in [4.78, 5) is 21.5. The van der Waals surface area contributed by atoms with Gasteiger partial charge in [0.25, 0.3) is 0 Å². The van der Waals surface area contributed by atoms with Gasteiger partial charge in [0.2, 0.25) is 5.91 Å². The van der Waals surface area contributed by atoms with Crippen LogP contribution in [-0.2, 0) is 11.2 Å². The number of amides is 1. The summed E-state index contributed by atoms with van der Waals surface area (Å²) in [7, 11) is 0. The second-order valence-electron chi connectivity index (χ2n) is 6.07. The normalized spacial score (nSPS) is 11.2. The Morgan fingerprint density at radius 3 is 2.64 bits per heavy atom. The van der Waals surface area contributed by atoms with Crippen molar-refractivity contribution in [3.63, 3.8) is 0 Å². The van der Waals surface area contributed by atoms with Crippen LogP contribution >= 0.6 is 35.0 Å². The predicted molar refractivity (Wildman–Crippen MR) is 115 cm³/mol. The Morgan fingerprint density at radius 1 is 1.14 bits per heavy atom. The van der Waals surface area contributed by atoms with Crippen molar-refractivity contribution in [1.82, 2.24) is 9.97 Å². The van der Waals surface area contributed by atoms with Gasteiger partial charge in [-0.3, -0.25) is 4.79 Å². The molecule has 0 spiro atoms. The molecule has 142 valence electrons. The lowest BCUT2D eigenvalue weighted by molar-refractivity contribution is -0.113. The number of rotatable bonds is 5. The first kappa shape index (κ1) is 19.1. The first-order chi connectivity index (χ1) is 13.5. The molecule has 0 saturated carbocycles. The summed E-state index contributed by atoms with van der Waals surface area (Å²) in [5.74, 6) is 0.684. The zero-order valence-corrected chi connectivity index (χ0v) is 17.2. The van der Waals surface area contributed by atoms with Gasteiger partial charge in [-0.25, -0.2) is 9.97 Å². The van der Waals surface area contributed by atoms with Gasteiger partial charge in [-0.1, -0.05) is 54.0 Å². The third kappa shape index (κ3) is 3.94. The number of aryl methyl sites for hydroxylation is 1. The molecule has 5 nitrogen and oxygen atoms in total. The van der Waals surface area contributed by atoms with Crippen LogP contribution in [0, 0.1) is 0 Å². The van der Waals surface area contributed by atoms with Gasteiger partial charge in [0.1, 0.15) is 22.0 Å². The van der Waals surface area contributed by atoms with E-state index in [2.05, 4.69) is 15.3 Å². The molecule has 1 N–H and O–H groups in total. The number of carbonyl (C=O) groups excluding carboxylic acids is 1. The monoisotopic (exact) mass is 431 g/mol. The molecule has 0 aliphatic rings. The molecular weight excluding hydrogens is 417 g/mol. The molecule has 8 heteroatoms. The number of hydrogen-bond acceptors (Lipinski definition) is 5. The van der Waals surface area contributed by atoms with Crippen LogP contribution < -0.4 is 5.32 Å². The van der Waals surface area contributed by atoms with E-state index in [1.807, 2.05) is 31.2 Å². The Hall–Kier alpha value is -2.28. The number of anilines is 1. The van der Waals surface area contributed by atoms with E-state index < -0.39 is 0 Å². The smallest absolute Gasteiger partial charge is 0.234 e. The summed E-state index contributed by atoms with van der Waals surface area (Å²) in [6, 6.07) is 12.6. The molecule has 4 aromatic rings. The minimum absolute atomic E-state index is 0.163. The maximum absolute atomic E-state index is 12.4. The molecule has 2 heterocycles. The summed E-state index contributed by atoms with van der Waals surface area (Å²) in [6.45, 7) is 1.99. The molecule has 0 saturated heterocycles. The lowest BCUT2D eigenvalue weighted by Crippen LogP contribution is -2.14. The lowest BCUT2D eigenvalue weighted by Gasteiger charge is -2.07. The van der Waals surface area contributed by atoms with E-state index in [1.54, 1.807) is 18.2 Å². The highest BCUT2D eigenvalue weighted by Gasteiger charge is 2.16. The van der Waals surface area contributed by atoms with E-state index >= 15 is 0 Å². The van der Waals surface area contributed by atoms with Gasteiger partial charge in [-0.2, -0.15) is 0 Å². The van der Waals surface area contributed by atoms with Gasteiger partial charge in [0.15, 0.2) is 5.58 Å². The van der Waals surface area contributed by atoms with Gasteiger partial charge in [-0.05, 0) is 30.3 Å². The van der Waals surface area contributed by atoms with E-state index in [9.17, 15) is 4.79 Å². The summed E-state index contributed by atoms with van der Waals surface area (Å²) < 4.78 is 5.95. The van der Waals surface area contributed by atoms with Crippen LogP contribution in [0.3, 0.4) is 0 Å². The molecular formula is C20H15Cl2N3O2S. The van der Waals surface area contributed by atoms with Crippen LogP contribution in [0.1, 0.15) is 12.7 Å². The van der Waals surface area contributed by atoms with Crippen molar-refractivity contribution in [2.45, 2.75) is 18.4 Å². The third-order valence-corrected chi connectivity index (χ3v) is 5.43. The first-order valence-corrected chi connectivity index (χ1v) is 10.3. The van der Waals surface area contributed by atoms with E-state index in [0.29, 0.717) is 38.6 Å². The molecule has 4 rings (SSSR count). The molecule has 28 heavy (non-hydrogen) atoms. The number of fused-ring (bicyclic) bond motifs is 3. The Balaban J connectivity index is 1.59. The Bertz CT molecular complexity index is 1170. The molecule has 0 radical (unpaired) electrons. The number of aromatic nitrogens is 2. The lowest BCUT2D eigenvalue weighted by atomic mass is 10.2. The largest absolute Gasteiger partial charge is 0.451 e. The molecule has 1 amide bonds. The van der Waals surface area contributed by atoms with Gasteiger partial charge in [-0.15, -0.1) is 0 Å². The number of hydrogen-bond donors (Lipinski definition) is 1. The minimum Gasteiger partial charge on any atom is -0.451 e. The predicted octanol–water partition coefficient (Wildman–Crippen LogP) is 5.98. The Kier molecular flexibility index (Phi) is 5.44. The van der Waals surface area contributed by atoms with Crippen molar-refractivity contribution in [2.75, 3.05) is 11.1 Å². The van der Waals surface area contributed by atoms with Crippen LogP contribution in [0.4, 0.5) is 5.69 Å². The number of para-hydroxylation sites is 1. The van der Waals surface area contributed by atoms with Gasteiger partial charge < -0.3 is 9.73 Å². The van der Waals surface area contributed by atoms with E-state index in [0.717, 1.165) is 16.5 Å². The van der Waals surface area contributed by atoms with Gasteiger partial charge in [0.05, 0.1) is 5.75 Å². The van der Waals surface area contributed by atoms with Crippen LogP contribution in [-0.4, -0.2) is 21.6 Å². The SMILES string of the molecule is CCc1nc(SCC(=O)Nc2cc(Cl)cc(Cl)c2)c2oc3ccccc3c2n1. The summed E-state index contributed by atoms with van der Waals surface area (Å²) >= 11 is 13.3. The van der Waals surface area contributed by atoms with Crippen molar-refractivity contribution >= 4 is 68.6 Å². The number of thioether (sulfide) groups is 1. The van der Waals surface area contributed by atoms with E-state index in [-0.39, 0.29) is 11.7 Å². The average molecular weight is 432 g/mol. The van der Waals surface area contributed by atoms with Crippen LogP contribution in [0.15, 0.2) is 51.9 Å². The fourth-order valence-corrected chi connectivity index (χ4v) is 4.13. The van der Waals surface area contributed by atoms with Crippen molar-refractivity contribution in [2.24, 2.45) is 0 Å². The van der Waals surface area contributed by atoms with Crippen molar-refractivity contribution in [1.29, 1.82) is 0 Å². The quantitative estimate of drug-likeness (QED) is 0.311. The van der Waals surface area contributed by atoms with Crippen molar-refractivity contribution in [3.05, 3.63) is 58.3 Å². The third-order valence-electron chi connectivity index (χ3n) is 4.04. The number of furan rings is 1. The number of carbonyl (C=O) groups is 1. The highest BCUT2D eigenvalue weighted by atomic mass is 35.5. The fraction of sp³-hybridized carbons (Fsp3) is 0.150. The molecule has 0 bridgehead atoms. The standard InChI is InChI=1S/C20H15Cl2N3O2S/c1-2-16-24-18-14-5-3-4-6-15(14)27-19(18)20(25-16)28-10-17(26)23-13-8-11(21)7-12(22)9-13/h3-9H,2,10H2,1H3,(H,23,26). The average Bonchev–Trinajstić information content (AvgIpc) is 3.04. The highest BCUT2D eigenvalue weighted by molar-refractivity contribution is 8.00. The number of nitrogens with zero attached hydrogens (tertiary/aromatic N) is 2. The van der Waals surface area contributed by atoms with Gasteiger partial charge in [0, 0.05) is 27.5 Å². The van der Waals surface area contributed by atoms with Gasteiger partial charge >= 0.3 is 0 Å². The van der Waals surface area contributed by atoms with Crippen molar-refractivity contribution in [3.8, 4) is 0 Å². The second kappa shape index (κ2) is 7.99. The summed E-state index contributed by atoms with van der Waals surface area (Å²) in [6.07, 6.45) is 0.691. The number of benzene rings is 2. The van der Waals surface area contributed by atoms with Crippen LogP contribution in [0.25, 0.3) is 22.1 Å². The molecule has 0 unspecified atom stereocenters. The molecule has 2 aromatic carbocycles. The van der Waals surface area contributed by atoms with Crippen LogP contribution in [0.2, 0.25) is 10.0 Å². The maximum Gasteiger partial charge on any atom is 0.234 e.